The van der Waals surface area contributed by atoms with E-state index in [1.54, 1.807) is 25.1 Å². The van der Waals surface area contributed by atoms with Crippen LogP contribution in [0.4, 0.5) is 10.5 Å². The van der Waals surface area contributed by atoms with Crippen molar-refractivity contribution in [3.63, 3.8) is 0 Å². The maximum absolute atomic E-state index is 12.3. The molecule has 0 radical (unpaired) electrons. The Morgan fingerprint density at radius 3 is 2.64 bits per heavy atom. The summed E-state index contributed by atoms with van der Waals surface area (Å²) in [6, 6.07) is 5.59. The summed E-state index contributed by atoms with van der Waals surface area (Å²) < 4.78 is 5.24. The smallest absolute Gasteiger partial charge is 0.338 e. The van der Waals surface area contributed by atoms with Crippen molar-refractivity contribution in [2.45, 2.75) is 51.7 Å². The van der Waals surface area contributed by atoms with E-state index in [0.29, 0.717) is 11.6 Å². The Hall–Kier alpha value is -2.57. The number of anilines is 1. The molecule has 0 saturated heterocycles. The summed E-state index contributed by atoms with van der Waals surface area (Å²) in [5.41, 5.74) is 5.67. The average Bonchev–Trinajstić information content (AvgIpc) is 2.56. The van der Waals surface area contributed by atoms with Crippen LogP contribution < -0.4 is 16.4 Å². The van der Waals surface area contributed by atoms with Crippen molar-refractivity contribution in [1.82, 2.24) is 5.32 Å². The Morgan fingerprint density at radius 1 is 1.24 bits per heavy atom. The van der Waals surface area contributed by atoms with Gasteiger partial charge in [0.25, 0.3) is 5.91 Å². The molecule has 0 aliphatic heterocycles. The van der Waals surface area contributed by atoms with Crippen LogP contribution in [0.3, 0.4) is 0 Å². The van der Waals surface area contributed by atoms with E-state index in [-0.39, 0.29) is 17.5 Å². The van der Waals surface area contributed by atoms with Crippen LogP contribution >= 0.6 is 0 Å². The van der Waals surface area contributed by atoms with E-state index in [1.807, 2.05) is 0 Å². The summed E-state index contributed by atoms with van der Waals surface area (Å²) in [6.45, 7) is 3.67. The summed E-state index contributed by atoms with van der Waals surface area (Å²) in [6.07, 6.45) is 3.44. The number of hydrogen-bond acceptors (Lipinski definition) is 4. The molecule has 136 valence electrons. The predicted octanol–water partition coefficient (Wildman–Crippen LogP) is 2.42. The summed E-state index contributed by atoms with van der Waals surface area (Å²) in [7, 11) is 0. The van der Waals surface area contributed by atoms with Crippen molar-refractivity contribution in [2.24, 2.45) is 11.7 Å². The predicted molar refractivity (Wildman–Crippen MR) is 94.1 cm³/mol. The Kier molecular flexibility index (Phi) is 6.38. The number of primary amides is 1. The van der Waals surface area contributed by atoms with Crippen molar-refractivity contribution in [1.29, 1.82) is 0 Å². The van der Waals surface area contributed by atoms with Gasteiger partial charge in [-0.3, -0.25) is 4.79 Å². The molecule has 0 spiro atoms. The second kappa shape index (κ2) is 8.50. The molecule has 7 nitrogen and oxygen atoms in total. The first-order valence-corrected chi connectivity index (χ1v) is 8.54. The molecule has 0 heterocycles. The number of nitrogens with two attached hydrogens (primary N) is 1. The zero-order chi connectivity index (χ0) is 18.4. The Balaban J connectivity index is 1.92. The third kappa shape index (κ3) is 5.48. The molecule has 1 aliphatic rings. The van der Waals surface area contributed by atoms with Crippen molar-refractivity contribution in [3.05, 3.63) is 29.8 Å². The maximum atomic E-state index is 12.3. The summed E-state index contributed by atoms with van der Waals surface area (Å²) >= 11 is 0. The topological polar surface area (TPSA) is 111 Å². The van der Waals surface area contributed by atoms with Gasteiger partial charge in [0.1, 0.15) is 0 Å². The fourth-order valence-corrected chi connectivity index (χ4v) is 2.98. The van der Waals surface area contributed by atoms with Gasteiger partial charge in [0.15, 0.2) is 6.10 Å². The van der Waals surface area contributed by atoms with Crippen LogP contribution in [0.25, 0.3) is 0 Å². The minimum Gasteiger partial charge on any atom is -0.449 e. The molecule has 25 heavy (non-hydrogen) atoms. The first-order chi connectivity index (χ1) is 11.9. The lowest BCUT2D eigenvalue weighted by Gasteiger charge is -2.30. The second-order valence-corrected chi connectivity index (χ2v) is 6.49. The fourth-order valence-electron chi connectivity index (χ4n) is 2.98. The Morgan fingerprint density at radius 2 is 1.96 bits per heavy atom. The minimum atomic E-state index is -0.894. The van der Waals surface area contributed by atoms with Crippen LogP contribution in [0.15, 0.2) is 24.3 Å². The summed E-state index contributed by atoms with van der Waals surface area (Å²) in [5.74, 6) is -0.497. The Bertz CT molecular complexity index is 647. The van der Waals surface area contributed by atoms with Gasteiger partial charge in [-0.2, -0.15) is 0 Å². The van der Waals surface area contributed by atoms with Crippen molar-refractivity contribution >= 4 is 23.6 Å². The molecule has 1 aromatic rings. The van der Waals surface area contributed by atoms with Gasteiger partial charge in [0, 0.05) is 11.7 Å². The normalized spacial score (nSPS) is 21.0. The van der Waals surface area contributed by atoms with Crippen LogP contribution in [0, 0.1) is 5.92 Å². The summed E-state index contributed by atoms with van der Waals surface area (Å²) in [4.78, 5) is 35.4. The van der Waals surface area contributed by atoms with Crippen LogP contribution in [0.1, 0.15) is 49.9 Å². The SMILES string of the molecule is C[C@@H](OC(=O)c1cccc(NC(N)=O)c1)C(=O)N[C@@H]1CCCC[C@@H]1C. The van der Waals surface area contributed by atoms with E-state index in [0.717, 1.165) is 19.3 Å². The van der Waals surface area contributed by atoms with Gasteiger partial charge in [0.05, 0.1) is 5.56 Å². The molecule has 2 rings (SSSR count). The van der Waals surface area contributed by atoms with E-state index in [9.17, 15) is 14.4 Å². The number of rotatable bonds is 5. The molecule has 4 N–H and O–H groups in total. The van der Waals surface area contributed by atoms with Crippen molar-refractivity contribution in [2.75, 3.05) is 5.32 Å². The van der Waals surface area contributed by atoms with E-state index < -0.39 is 18.1 Å². The van der Waals surface area contributed by atoms with E-state index in [4.69, 9.17) is 10.5 Å². The number of esters is 1. The number of benzene rings is 1. The maximum Gasteiger partial charge on any atom is 0.338 e. The monoisotopic (exact) mass is 347 g/mol. The zero-order valence-corrected chi connectivity index (χ0v) is 14.6. The first-order valence-electron chi connectivity index (χ1n) is 8.54. The quantitative estimate of drug-likeness (QED) is 0.710. The van der Waals surface area contributed by atoms with Crippen LogP contribution in [-0.2, 0) is 9.53 Å². The number of urea groups is 1. The summed E-state index contributed by atoms with van der Waals surface area (Å²) in [5, 5.41) is 5.36. The molecule has 7 heteroatoms. The number of ether oxygens (including phenoxy) is 1. The highest BCUT2D eigenvalue weighted by Crippen LogP contribution is 2.23. The zero-order valence-electron chi connectivity index (χ0n) is 14.6. The van der Waals surface area contributed by atoms with Crippen LogP contribution in [0.2, 0.25) is 0 Å². The third-order valence-electron chi connectivity index (χ3n) is 4.46. The van der Waals surface area contributed by atoms with Crippen molar-refractivity contribution < 1.29 is 19.1 Å². The molecular formula is C18H25N3O4. The van der Waals surface area contributed by atoms with E-state index >= 15 is 0 Å². The minimum absolute atomic E-state index is 0.130. The lowest BCUT2D eigenvalue weighted by atomic mass is 9.86. The van der Waals surface area contributed by atoms with E-state index in [1.165, 1.54) is 12.5 Å². The number of amides is 3. The average molecular weight is 347 g/mol. The standard InChI is InChI=1S/C18H25N3O4/c1-11-6-3-4-9-15(11)21-16(22)12(2)25-17(23)13-7-5-8-14(10-13)20-18(19)24/h5,7-8,10-12,15H,3-4,6,9H2,1-2H3,(H,21,22)(H3,19,20,24)/t11-,12+,15+/m0/s1. The molecule has 1 saturated carbocycles. The highest BCUT2D eigenvalue weighted by Gasteiger charge is 2.26. The van der Waals surface area contributed by atoms with Gasteiger partial charge >= 0.3 is 12.0 Å². The van der Waals surface area contributed by atoms with Gasteiger partial charge in [-0.15, -0.1) is 0 Å². The second-order valence-electron chi connectivity index (χ2n) is 6.49. The molecule has 1 fully saturated rings. The van der Waals surface area contributed by atoms with E-state index in [2.05, 4.69) is 17.6 Å². The molecule has 1 aromatic carbocycles. The number of hydrogen-bond donors (Lipinski definition) is 3. The first kappa shape index (κ1) is 18.8. The van der Waals surface area contributed by atoms with Gasteiger partial charge in [-0.05, 0) is 43.9 Å². The molecule has 0 aromatic heterocycles. The van der Waals surface area contributed by atoms with Gasteiger partial charge in [-0.25, -0.2) is 9.59 Å². The van der Waals surface area contributed by atoms with Gasteiger partial charge < -0.3 is 21.1 Å². The number of nitrogens with one attached hydrogen (secondary N) is 2. The molecule has 0 unspecified atom stereocenters. The molecule has 1 aliphatic carbocycles. The van der Waals surface area contributed by atoms with Gasteiger partial charge in [-0.1, -0.05) is 25.8 Å². The number of carbonyl (C=O) groups excluding carboxylic acids is 3. The van der Waals surface area contributed by atoms with Gasteiger partial charge in [0.2, 0.25) is 0 Å². The molecule has 0 bridgehead atoms. The number of carbonyl (C=O) groups is 3. The largest absolute Gasteiger partial charge is 0.449 e. The molecule has 3 atom stereocenters. The van der Waals surface area contributed by atoms with Crippen LogP contribution in [0.5, 0.6) is 0 Å². The fraction of sp³-hybridized carbons (Fsp3) is 0.500. The highest BCUT2D eigenvalue weighted by atomic mass is 16.5. The lowest BCUT2D eigenvalue weighted by molar-refractivity contribution is -0.130. The highest BCUT2D eigenvalue weighted by molar-refractivity contribution is 5.95. The van der Waals surface area contributed by atoms with Crippen molar-refractivity contribution in [3.8, 4) is 0 Å². The molecule has 3 amide bonds. The Labute approximate surface area is 147 Å². The molecular weight excluding hydrogens is 322 g/mol. The van der Waals surface area contributed by atoms with Crippen LogP contribution in [-0.4, -0.2) is 30.1 Å². The third-order valence-corrected chi connectivity index (χ3v) is 4.46. The lowest BCUT2D eigenvalue weighted by Crippen LogP contribution is -2.45.